The molecule has 6 rings (SSSR count). The van der Waals surface area contributed by atoms with Gasteiger partial charge in [0.1, 0.15) is 18.6 Å². The summed E-state index contributed by atoms with van der Waals surface area (Å²) in [6.45, 7) is 5.53. The molecule has 1 aromatic heterocycles. The summed E-state index contributed by atoms with van der Waals surface area (Å²) in [7, 11) is 0. The Morgan fingerprint density at radius 3 is 2.78 bits per heavy atom. The van der Waals surface area contributed by atoms with Crippen molar-refractivity contribution in [2.75, 3.05) is 19.6 Å². The maximum atomic E-state index is 13.4. The number of tetrazole rings is 1. The summed E-state index contributed by atoms with van der Waals surface area (Å²) in [6, 6.07) is -0.572. The maximum absolute atomic E-state index is 13.4. The molecular weight excluding hydrogens is 550 g/mol. The summed E-state index contributed by atoms with van der Waals surface area (Å²) in [5.41, 5.74) is 12.3. The molecule has 4 fully saturated rings. The number of likely N-dealkylation sites (tertiary alicyclic amines) is 1. The molecule has 0 unspecified atom stereocenters. The first-order chi connectivity index (χ1) is 19.5. The third kappa shape index (κ3) is 4.85. The van der Waals surface area contributed by atoms with E-state index in [2.05, 4.69) is 20.8 Å². The fraction of sp³-hybridized carbons (Fsp3) is 0.731. The van der Waals surface area contributed by atoms with Gasteiger partial charge in [-0.05, 0) is 41.5 Å². The highest BCUT2D eigenvalue weighted by molar-refractivity contribution is 8.03. The largest absolute Gasteiger partial charge is 0.477 e. The van der Waals surface area contributed by atoms with Gasteiger partial charge in [0.05, 0.1) is 18.0 Å². The number of hydrogen-bond donors (Lipinski definition) is 4. The quantitative estimate of drug-likeness (QED) is 0.251. The third-order valence-electron chi connectivity index (χ3n) is 9.65. The Kier molecular flexibility index (Phi) is 7.19. The van der Waals surface area contributed by atoms with Crippen LogP contribution in [0.1, 0.15) is 39.5 Å². The SMILES string of the molecule is C[C@@H](CC(=O)Cn1cnnn1)[C@H]1C(=O)N2C(C(=O)O)=C(S[C@@H]3CN[C@H](C(=O)N4C[C@H]5C[C@H](N)C[C@@]5(N)C4)C3)[C@H](C)[C@H]12. The van der Waals surface area contributed by atoms with E-state index in [1.807, 2.05) is 18.7 Å². The number of nitrogens with zero attached hydrogens (tertiary/aromatic N) is 6. The number of amides is 2. The van der Waals surface area contributed by atoms with Gasteiger partial charge in [0.15, 0.2) is 5.78 Å². The van der Waals surface area contributed by atoms with Crippen LogP contribution in [0.15, 0.2) is 16.9 Å². The Morgan fingerprint density at radius 2 is 2.10 bits per heavy atom. The summed E-state index contributed by atoms with van der Waals surface area (Å²) < 4.78 is 1.34. The summed E-state index contributed by atoms with van der Waals surface area (Å²) >= 11 is 1.46. The lowest BCUT2D eigenvalue weighted by molar-refractivity contribution is -0.160. The molecule has 0 radical (unpaired) electrons. The van der Waals surface area contributed by atoms with Crippen LogP contribution in [0, 0.1) is 23.7 Å². The fourth-order valence-corrected chi connectivity index (χ4v) is 9.25. The average Bonchev–Trinajstić information content (AvgIpc) is 3.69. The third-order valence-corrected chi connectivity index (χ3v) is 11.2. The van der Waals surface area contributed by atoms with E-state index in [9.17, 15) is 24.3 Å². The molecule has 6 N–H and O–H groups in total. The van der Waals surface area contributed by atoms with Gasteiger partial charge in [-0.15, -0.1) is 16.9 Å². The number of nitrogens with one attached hydrogen (secondary N) is 1. The van der Waals surface area contributed by atoms with E-state index in [4.69, 9.17) is 11.5 Å². The highest BCUT2D eigenvalue weighted by atomic mass is 32.2. The summed E-state index contributed by atoms with van der Waals surface area (Å²) in [5, 5.41) is 24.2. The Labute approximate surface area is 241 Å². The predicted molar refractivity (Wildman–Crippen MR) is 147 cm³/mol. The topological polar surface area (TPSA) is 203 Å². The molecule has 5 heterocycles. The first-order valence-electron chi connectivity index (χ1n) is 14.2. The van der Waals surface area contributed by atoms with Gasteiger partial charge >= 0.3 is 5.97 Å². The zero-order chi connectivity index (χ0) is 29.2. The summed E-state index contributed by atoms with van der Waals surface area (Å²) in [4.78, 5) is 55.5. The van der Waals surface area contributed by atoms with Gasteiger partial charge in [0.25, 0.3) is 0 Å². The molecule has 0 spiro atoms. The van der Waals surface area contributed by atoms with Crippen molar-refractivity contribution in [3.63, 3.8) is 0 Å². The second kappa shape index (κ2) is 10.4. The molecule has 41 heavy (non-hydrogen) atoms. The molecule has 14 nitrogen and oxygen atoms in total. The van der Waals surface area contributed by atoms with Crippen LogP contribution >= 0.6 is 11.8 Å². The van der Waals surface area contributed by atoms with Crippen molar-refractivity contribution >= 4 is 35.3 Å². The summed E-state index contributed by atoms with van der Waals surface area (Å²) in [6.07, 6.45) is 3.66. The Balaban J connectivity index is 1.08. The van der Waals surface area contributed by atoms with Crippen molar-refractivity contribution in [1.82, 2.24) is 35.3 Å². The van der Waals surface area contributed by atoms with Crippen molar-refractivity contribution in [3.05, 3.63) is 16.9 Å². The lowest BCUT2D eigenvalue weighted by Crippen LogP contribution is -2.62. The van der Waals surface area contributed by atoms with E-state index in [-0.39, 0.29) is 77.4 Å². The Bertz CT molecular complexity index is 1290. The molecule has 4 aliphatic heterocycles. The second-order valence-corrected chi connectivity index (χ2v) is 13.9. The molecule has 1 saturated carbocycles. The summed E-state index contributed by atoms with van der Waals surface area (Å²) in [5.74, 6) is -2.13. The van der Waals surface area contributed by atoms with Crippen LogP contribution in [-0.4, -0.2) is 107 Å². The molecular formula is C26H37N9O5S. The van der Waals surface area contributed by atoms with Gasteiger partial charge in [-0.2, -0.15) is 0 Å². The van der Waals surface area contributed by atoms with E-state index in [0.29, 0.717) is 31.0 Å². The molecule has 0 bridgehead atoms. The van der Waals surface area contributed by atoms with E-state index in [0.717, 1.165) is 12.8 Å². The Hall–Kier alpha value is -2.88. The molecule has 15 heteroatoms. The van der Waals surface area contributed by atoms with Crippen LogP contribution in [0.4, 0.5) is 0 Å². The number of aromatic nitrogens is 4. The standard InChI is InChI=1S/C26H37N9O5S/c1-12(3-16(36)9-34-11-30-31-32-34)19-20-13(2)22(21(25(39)40)35(20)24(19)38)41-17-5-18(29-7-17)23(37)33-8-14-4-15(27)6-26(14,28)10-33/h11-15,17-20,29H,3-10,27-28H2,1-2H3,(H,39,40)/t12-,13+,14+,15-,17-,18-,19+,20+,26+/m0/s1. The van der Waals surface area contributed by atoms with Gasteiger partial charge in [0, 0.05) is 53.7 Å². The van der Waals surface area contributed by atoms with Gasteiger partial charge in [0.2, 0.25) is 11.8 Å². The number of β-lactam (4-membered cyclic amide) rings is 1. The van der Waals surface area contributed by atoms with E-state index >= 15 is 0 Å². The van der Waals surface area contributed by atoms with Gasteiger partial charge < -0.3 is 31.7 Å². The first kappa shape index (κ1) is 28.2. The highest BCUT2D eigenvalue weighted by Gasteiger charge is 2.60. The molecule has 9 atom stereocenters. The normalized spacial score (nSPS) is 36.9. The van der Waals surface area contributed by atoms with Crippen molar-refractivity contribution in [3.8, 4) is 0 Å². The number of hydrogen-bond acceptors (Lipinski definition) is 11. The molecule has 3 saturated heterocycles. The van der Waals surface area contributed by atoms with Crippen molar-refractivity contribution in [2.45, 2.75) is 75.0 Å². The molecule has 1 aromatic rings. The zero-order valence-corrected chi connectivity index (χ0v) is 24.0. The number of carbonyl (C=O) groups excluding carboxylic acids is 3. The molecule has 2 amide bonds. The molecule has 5 aliphatic rings. The lowest BCUT2D eigenvalue weighted by Gasteiger charge is -2.47. The van der Waals surface area contributed by atoms with Crippen LogP contribution in [0.2, 0.25) is 0 Å². The van der Waals surface area contributed by atoms with Crippen LogP contribution in [0.5, 0.6) is 0 Å². The van der Waals surface area contributed by atoms with Crippen molar-refractivity contribution in [1.29, 1.82) is 0 Å². The molecule has 0 aromatic carbocycles. The zero-order valence-electron chi connectivity index (χ0n) is 23.2. The van der Waals surface area contributed by atoms with Crippen LogP contribution in [-0.2, 0) is 25.7 Å². The van der Waals surface area contributed by atoms with E-state index in [1.54, 1.807) is 0 Å². The predicted octanol–water partition coefficient (Wildman–Crippen LogP) is -1.22. The van der Waals surface area contributed by atoms with E-state index < -0.39 is 17.4 Å². The van der Waals surface area contributed by atoms with Gasteiger partial charge in [-0.1, -0.05) is 13.8 Å². The number of carboxylic acid groups (broad SMARTS) is 1. The number of fused-ring (bicyclic) bond motifs is 2. The number of nitrogens with two attached hydrogens (primary N) is 2. The monoisotopic (exact) mass is 587 g/mol. The van der Waals surface area contributed by atoms with Crippen LogP contribution in [0.25, 0.3) is 0 Å². The fourth-order valence-electron chi connectivity index (χ4n) is 7.77. The number of carbonyl (C=O) groups is 4. The number of carboxylic acids is 1. The second-order valence-electron chi connectivity index (χ2n) is 12.5. The molecule has 222 valence electrons. The maximum Gasteiger partial charge on any atom is 0.353 e. The molecule has 1 aliphatic carbocycles. The smallest absolute Gasteiger partial charge is 0.353 e. The number of ketones is 1. The van der Waals surface area contributed by atoms with E-state index in [1.165, 1.54) is 27.7 Å². The Morgan fingerprint density at radius 1 is 1.32 bits per heavy atom. The minimum Gasteiger partial charge on any atom is -0.477 e. The van der Waals surface area contributed by atoms with Gasteiger partial charge in [-0.25, -0.2) is 9.48 Å². The van der Waals surface area contributed by atoms with Crippen LogP contribution < -0.4 is 16.8 Å². The number of aliphatic carboxylic acids is 1. The number of Topliss-reactive ketones (excluding diaryl/α,β-unsaturated/α-hetero) is 1. The van der Waals surface area contributed by atoms with Crippen LogP contribution in [0.3, 0.4) is 0 Å². The minimum absolute atomic E-state index is 0.0133. The minimum atomic E-state index is -1.13. The highest BCUT2D eigenvalue weighted by Crippen LogP contribution is 2.53. The van der Waals surface area contributed by atoms with Gasteiger partial charge in [-0.3, -0.25) is 14.4 Å². The average molecular weight is 588 g/mol. The lowest BCUT2D eigenvalue weighted by atomic mass is 9.73. The number of thioether (sulfide) groups is 1. The first-order valence-corrected chi connectivity index (χ1v) is 15.1. The number of rotatable bonds is 9. The van der Waals surface area contributed by atoms with Crippen molar-refractivity contribution in [2.24, 2.45) is 35.1 Å². The van der Waals surface area contributed by atoms with Crippen molar-refractivity contribution < 1.29 is 24.3 Å².